The van der Waals surface area contributed by atoms with Crippen LogP contribution in [-0.2, 0) is 23.9 Å². The van der Waals surface area contributed by atoms with Gasteiger partial charge in [-0.3, -0.25) is 9.59 Å². The molecule has 0 aliphatic heterocycles. The lowest BCUT2D eigenvalue weighted by Gasteiger charge is -2.21. The van der Waals surface area contributed by atoms with Gasteiger partial charge in [0.05, 0.1) is 19.6 Å². The van der Waals surface area contributed by atoms with Crippen molar-refractivity contribution >= 4 is 30.1 Å². The van der Waals surface area contributed by atoms with Crippen LogP contribution < -0.4 is 9.47 Å². The van der Waals surface area contributed by atoms with Crippen molar-refractivity contribution in [2.45, 2.75) is 83.7 Å². The fraction of sp³-hybridized carbons (Fsp3) is 0.441. The molecule has 41 heavy (non-hydrogen) atoms. The van der Waals surface area contributed by atoms with Crippen LogP contribution in [0.3, 0.4) is 0 Å². The zero-order chi connectivity index (χ0) is 29.3. The third-order valence-electron chi connectivity index (χ3n) is 6.79. The first-order valence-electron chi connectivity index (χ1n) is 14.7. The molecule has 2 aromatic carbocycles. The standard InChI is InChI=1S/C34H42O7/c1-3-32(35)39-24-10-5-4-9-23-38-29-19-15-27(16-20-29)13-14-28-17-21-31(22-18-28)41-34(37)26(2)25-33(36)40-30-11-7-6-8-12-30/h13-22,30H,2-12,23-25H2,1H3/b14-13+. The molecule has 1 aliphatic carbocycles. The third kappa shape index (κ3) is 12.5. The second kappa shape index (κ2) is 17.7. The number of carbonyl (C=O) groups excluding carboxylic acids is 3. The zero-order valence-corrected chi connectivity index (χ0v) is 24.1. The van der Waals surface area contributed by atoms with Crippen LogP contribution in [0.1, 0.15) is 88.7 Å². The normalized spacial score (nSPS) is 13.5. The summed E-state index contributed by atoms with van der Waals surface area (Å²) < 4.78 is 21.7. The molecule has 0 bridgehead atoms. The Morgan fingerprint density at radius 1 is 0.780 bits per heavy atom. The van der Waals surface area contributed by atoms with E-state index in [0.717, 1.165) is 68.2 Å². The molecule has 3 rings (SSSR count). The highest BCUT2D eigenvalue weighted by molar-refractivity contribution is 5.94. The molecule has 0 saturated heterocycles. The number of esters is 3. The van der Waals surface area contributed by atoms with Crippen LogP contribution in [0, 0.1) is 0 Å². The first kappa shape index (κ1) is 31.7. The van der Waals surface area contributed by atoms with E-state index in [1.165, 1.54) is 6.42 Å². The predicted octanol–water partition coefficient (Wildman–Crippen LogP) is 7.48. The summed E-state index contributed by atoms with van der Waals surface area (Å²) in [6, 6.07) is 15.0. The van der Waals surface area contributed by atoms with E-state index in [2.05, 4.69) is 6.58 Å². The van der Waals surface area contributed by atoms with Crippen molar-refractivity contribution < 1.29 is 33.3 Å². The summed E-state index contributed by atoms with van der Waals surface area (Å²) in [6.07, 6.45) is 13.1. The lowest BCUT2D eigenvalue weighted by atomic mass is 9.98. The SMILES string of the molecule is C=C(CC(=O)OC1CCCCC1)C(=O)Oc1ccc(/C=C/c2ccc(OCCCCCCOC(=O)CC)cc2)cc1. The number of rotatable bonds is 16. The molecule has 1 fully saturated rings. The summed E-state index contributed by atoms with van der Waals surface area (Å²) in [4.78, 5) is 35.6. The van der Waals surface area contributed by atoms with Crippen molar-refractivity contribution in [1.82, 2.24) is 0 Å². The number of unbranched alkanes of at least 4 members (excludes halogenated alkanes) is 3. The van der Waals surface area contributed by atoms with Gasteiger partial charge in [-0.1, -0.05) is 56.3 Å². The van der Waals surface area contributed by atoms with Crippen LogP contribution in [0.25, 0.3) is 12.2 Å². The molecule has 1 saturated carbocycles. The molecule has 0 amide bonds. The molecule has 0 atom stereocenters. The average molecular weight is 563 g/mol. The molecule has 0 aromatic heterocycles. The number of hydrogen-bond donors (Lipinski definition) is 0. The highest BCUT2D eigenvalue weighted by atomic mass is 16.5. The molecular weight excluding hydrogens is 520 g/mol. The summed E-state index contributed by atoms with van der Waals surface area (Å²) in [7, 11) is 0. The van der Waals surface area contributed by atoms with Gasteiger partial charge in [0.15, 0.2) is 0 Å². The van der Waals surface area contributed by atoms with E-state index in [0.29, 0.717) is 25.4 Å². The van der Waals surface area contributed by atoms with Crippen molar-refractivity contribution in [3.63, 3.8) is 0 Å². The Hall–Kier alpha value is -3.87. The fourth-order valence-electron chi connectivity index (χ4n) is 4.39. The monoisotopic (exact) mass is 562 g/mol. The third-order valence-corrected chi connectivity index (χ3v) is 6.79. The van der Waals surface area contributed by atoms with Crippen LogP contribution in [0.15, 0.2) is 60.7 Å². The van der Waals surface area contributed by atoms with Gasteiger partial charge in [0.25, 0.3) is 0 Å². The lowest BCUT2D eigenvalue weighted by Crippen LogP contribution is -2.22. The minimum atomic E-state index is -0.633. The smallest absolute Gasteiger partial charge is 0.339 e. The Kier molecular flexibility index (Phi) is 13.7. The second-order valence-electron chi connectivity index (χ2n) is 10.2. The van der Waals surface area contributed by atoms with Gasteiger partial charge in [-0.15, -0.1) is 0 Å². The Balaban J connectivity index is 1.33. The van der Waals surface area contributed by atoms with Crippen LogP contribution in [0.2, 0.25) is 0 Å². The average Bonchev–Trinajstić information content (AvgIpc) is 2.99. The number of carbonyl (C=O) groups is 3. The Morgan fingerprint density at radius 3 is 1.98 bits per heavy atom. The van der Waals surface area contributed by atoms with Crippen LogP contribution in [0.5, 0.6) is 11.5 Å². The van der Waals surface area contributed by atoms with Gasteiger partial charge in [0, 0.05) is 12.0 Å². The van der Waals surface area contributed by atoms with Crippen LogP contribution in [0.4, 0.5) is 0 Å². The van der Waals surface area contributed by atoms with Crippen molar-refractivity contribution in [1.29, 1.82) is 0 Å². The highest BCUT2D eigenvalue weighted by Gasteiger charge is 2.20. The summed E-state index contributed by atoms with van der Waals surface area (Å²) in [5.74, 6) is 0.00518. The number of ether oxygens (including phenoxy) is 4. The minimum absolute atomic E-state index is 0.0515. The molecule has 2 aromatic rings. The van der Waals surface area contributed by atoms with E-state index in [1.807, 2.05) is 48.6 Å². The van der Waals surface area contributed by atoms with Gasteiger partial charge in [-0.25, -0.2) is 4.79 Å². The van der Waals surface area contributed by atoms with Crippen LogP contribution in [-0.4, -0.2) is 37.2 Å². The largest absolute Gasteiger partial charge is 0.494 e. The van der Waals surface area contributed by atoms with Crippen molar-refractivity contribution in [3.8, 4) is 11.5 Å². The van der Waals surface area contributed by atoms with Crippen LogP contribution >= 0.6 is 0 Å². The van der Waals surface area contributed by atoms with Gasteiger partial charge >= 0.3 is 17.9 Å². The molecule has 1 aliphatic rings. The summed E-state index contributed by atoms with van der Waals surface area (Å²) in [6.45, 7) is 6.65. The van der Waals surface area contributed by atoms with Gasteiger partial charge in [0.2, 0.25) is 0 Å². The second-order valence-corrected chi connectivity index (χ2v) is 10.2. The zero-order valence-electron chi connectivity index (χ0n) is 24.1. The summed E-state index contributed by atoms with van der Waals surface area (Å²) in [5.41, 5.74) is 2.06. The Bertz CT molecular complexity index is 1140. The van der Waals surface area contributed by atoms with E-state index in [9.17, 15) is 14.4 Å². The molecule has 0 radical (unpaired) electrons. The van der Waals surface area contributed by atoms with E-state index in [-0.39, 0.29) is 24.1 Å². The molecule has 0 N–H and O–H groups in total. The van der Waals surface area contributed by atoms with E-state index in [1.54, 1.807) is 19.1 Å². The van der Waals surface area contributed by atoms with Gasteiger partial charge < -0.3 is 18.9 Å². The lowest BCUT2D eigenvalue weighted by molar-refractivity contribution is -0.150. The van der Waals surface area contributed by atoms with E-state index < -0.39 is 11.9 Å². The Labute approximate surface area is 243 Å². The van der Waals surface area contributed by atoms with Crippen molar-refractivity contribution in [3.05, 3.63) is 71.8 Å². The predicted molar refractivity (Wildman–Crippen MR) is 159 cm³/mol. The molecule has 7 heteroatoms. The number of hydrogen-bond acceptors (Lipinski definition) is 7. The van der Waals surface area contributed by atoms with E-state index >= 15 is 0 Å². The topological polar surface area (TPSA) is 88.1 Å². The molecule has 7 nitrogen and oxygen atoms in total. The molecule has 220 valence electrons. The van der Waals surface area contributed by atoms with E-state index in [4.69, 9.17) is 18.9 Å². The Morgan fingerprint density at radius 2 is 1.37 bits per heavy atom. The molecule has 0 spiro atoms. The molecular formula is C34H42O7. The quantitative estimate of drug-likeness (QED) is 0.0689. The molecule has 0 unspecified atom stereocenters. The van der Waals surface area contributed by atoms with Crippen molar-refractivity contribution in [2.75, 3.05) is 13.2 Å². The maximum atomic E-state index is 12.4. The summed E-state index contributed by atoms with van der Waals surface area (Å²) >= 11 is 0. The maximum absolute atomic E-state index is 12.4. The van der Waals surface area contributed by atoms with Gasteiger partial charge in [-0.2, -0.15) is 0 Å². The summed E-state index contributed by atoms with van der Waals surface area (Å²) in [5, 5.41) is 0. The van der Waals surface area contributed by atoms with Gasteiger partial charge in [0.1, 0.15) is 17.6 Å². The van der Waals surface area contributed by atoms with Crippen molar-refractivity contribution in [2.24, 2.45) is 0 Å². The molecule has 0 heterocycles. The fourth-order valence-corrected chi connectivity index (χ4v) is 4.39. The highest BCUT2D eigenvalue weighted by Crippen LogP contribution is 2.22. The minimum Gasteiger partial charge on any atom is -0.494 e. The van der Waals surface area contributed by atoms with Gasteiger partial charge in [-0.05, 0) is 86.8 Å². The maximum Gasteiger partial charge on any atom is 0.339 e. The first-order valence-corrected chi connectivity index (χ1v) is 14.7. The number of benzene rings is 2. The first-order chi connectivity index (χ1) is 19.9.